The number of halogens is 1. The highest BCUT2D eigenvalue weighted by Crippen LogP contribution is 2.13. The van der Waals surface area contributed by atoms with E-state index in [-0.39, 0.29) is 95.8 Å². The SMILES string of the molecule is NC(=O)[C@@H](CCCCNC(=O)[C@@H](N)CCCCNC(=O)COCCOCCNC(=O)COCCOCCNC(=O)[C@H](CS(=O)(=O)O)NC(=O)CCCCCCCCCCCCCCCS(=O)(=O)O)NI. The molecule has 0 rings (SSSR count). The molecule has 3 atom stereocenters. The highest BCUT2D eigenvalue weighted by molar-refractivity contribution is 14.1. The molecule has 0 aliphatic heterocycles. The zero-order valence-electron chi connectivity index (χ0n) is 40.7. The summed E-state index contributed by atoms with van der Waals surface area (Å²) in [6.07, 6.45) is 15.9. The van der Waals surface area contributed by atoms with Gasteiger partial charge >= 0.3 is 0 Å². The molecule has 12 N–H and O–H groups in total. The first-order valence-electron chi connectivity index (χ1n) is 24.3. The summed E-state index contributed by atoms with van der Waals surface area (Å²) in [6, 6.07) is -2.54. The minimum Gasteiger partial charge on any atom is -0.377 e. The number of primary amides is 1. The van der Waals surface area contributed by atoms with Crippen LogP contribution in [0.25, 0.3) is 0 Å². The Morgan fingerprint density at radius 2 is 0.929 bits per heavy atom. The molecular weight excluding hydrogens is 1080 g/mol. The van der Waals surface area contributed by atoms with Crippen LogP contribution < -0.4 is 41.6 Å². The van der Waals surface area contributed by atoms with Gasteiger partial charge in [-0.1, -0.05) is 70.6 Å². The van der Waals surface area contributed by atoms with Gasteiger partial charge in [0.05, 0.1) is 57.5 Å². The van der Waals surface area contributed by atoms with Gasteiger partial charge in [-0.15, -0.1) is 0 Å². The van der Waals surface area contributed by atoms with Gasteiger partial charge in [-0.2, -0.15) is 16.8 Å². The van der Waals surface area contributed by atoms with Gasteiger partial charge in [0.15, 0.2) is 0 Å². The van der Waals surface area contributed by atoms with Crippen molar-refractivity contribution in [3.05, 3.63) is 0 Å². The first-order chi connectivity index (χ1) is 33.3. The summed E-state index contributed by atoms with van der Waals surface area (Å²) >= 11 is 1.89. The van der Waals surface area contributed by atoms with Crippen LogP contribution in [0.3, 0.4) is 0 Å². The standard InChI is InChI=1S/C43H83IN8O16S2/c44-52-36(41(46)56)19-14-16-22-49-42(57)35(45)18-13-15-21-47-39(54)32-67-29-27-65-25-23-48-40(55)33-68-30-28-66-26-24-50-43(58)37(34-70(62,63)64)51-38(53)20-12-10-8-6-4-2-1-3-5-7-9-11-17-31-69(59,60)61/h35-37,52H,1-34,45H2,(H2,46,56)(H,47,54)(H,48,55)(H,49,57)(H,50,58)(H,51,53)(H,59,60,61)(H,62,63,64)/t35-,36+,37-/m0/s1. The number of nitrogens with one attached hydrogen (secondary N) is 6. The van der Waals surface area contributed by atoms with E-state index in [1.807, 2.05) is 22.9 Å². The fraction of sp³-hybridized carbons (Fsp3) is 0.860. The molecule has 27 heteroatoms. The zero-order chi connectivity index (χ0) is 52.3. The summed E-state index contributed by atoms with van der Waals surface area (Å²) in [5.74, 6) is -3.79. The Balaban J connectivity index is 3.84. The highest BCUT2D eigenvalue weighted by Gasteiger charge is 2.26. The second-order valence-corrected chi connectivity index (χ2v) is 20.5. The monoisotopic (exact) mass is 1160 g/mol. The van der Waals surface area contributed by atoms with E-state index in [0.29, 0.717) is 58.0 Å². The van der Waals surface area contributed by atoms with Crippen LogP contribution >= 0.6 is 22.9 Å². The summed E-state index contributed by atoms with van der Waals surface area (Å²) < 4.78 is 86.7. The summed E-state index contributed by atoms with van der Waals surface area (Å²) in [7, 11) is -8.44. The Kier molecular flexibility index (Phi) is 41.9. The number of hydrogen-bond acceptors (Lipinski definition) is 16. The van der Waals surface area contributed by atoms with Gasteiger partial charge in [0.1, 0.15) is 25.0 Å². The summed E-state index contributed by atoms with van der Waals surface area (Å²) in [4.78, 5) is 72.5. The Morgan fingerprint density at radius 3 is 1.43 bits per heavy atom. The Bertz CT molecular complexity index is 1670. The van der Waals surface area contributed by atoms with Gasteiger partial charge < -0.3 is 57.0 Å². The second-order valence-electron chi connectivity index (χ2n) is 16.8. The van der Waals surface area contributed by atoms with Crippen LogP contribution in [-0.4, -0.2) is 170 Å². The topological polar surface area (TPSA) is 372 Å². The molecule has 0 saturated heterocycles. The molecule has 0 aliphatic rings. The van der Waals surface area contributed by atoms with E-state index >= 15 is 0 Å². The first-order valence-corrected chi connectivity index (χ1v) is 28.6. The predicted octanol–water partition coefficient (Wildman–Crippen LogP) is 0.701. The minimum absolute atomic E-state index is 0.0152. The molecule has 6 amide bonds. The molecule has 0 aromatic carbocycles. The molecule has 0 radical (unpaired) electrons. The Hall–Kier alpha value is -2.87. The molecule has 410 valence electrons. The largest absolute Gasteiger partial charge is 0.377 e. The molecule has 0 aromatic heterocycles. The van der Waals surface area contributed by atoms with E-state index in [9.17, 15) is 50.2 Å². The number of rotatable bonds is 49. The molecule has 0 bridgehead atoms. The van der Waals surface area contributed by atoms with Crippen LogP contribution in [-0.2, 0) is 68.0 Å². The molecule has 0 unspecified atom stereocenters. The Morgan fingerprint density at radius 1 is 0.486 bits per heavy atom. The fourth-order valence-corrected chi connectivity index (χ4v) is 8.44. The maximum atomic E-state index is 12.6. The number of unbranched alkanes of at least 4 members (excludes halogenated alkanes) is 14. The summed E-state index contributed by atoms with van der Waals surface area (Å²) in [5.41, 5.74) is 11.2. The van der Waals surface area contributed by atoms with E-state index < -0.39 is 61.8 Å². The predicted molar refractivity (Wildman–Crippen MR) is 271 cm³/mol. The van der Waals surface area contributed by atoms with Crippen LogP contribution in [0.15, 0.2) is 0 Å². The van der Waals surface area contributed by atoms with E-state index in [1.165, 1.54) is 0 Å². The van der Waals surface area contributed by atoms with Gasteiger partial charge in [0.2, 0.25) is 35.4 Å². The minimum atomic E-state index is -4.57. The van der Waals surface area contributed by atoms with E-state index in [0.717, 1.165) is 77.0 Å². The van der Waals surface area contributed by atoms with E-state index in [1.54, 1.807) is 0 Å². The number of amides is 6. The average molecular weight is 1160 g/mol. The molecule has 0 spiro atoms. The molecule has 0 aromatic rings. The van der Waals surface area contributed by atoms with Crippen LogP contribution in [0.2, 0.25) is 0 Å². The lowest BCUT2D eigenvalue weighted by Gasteiger charge is -2.17. The van der Waals surface area contributed by atoms with Crippen molar-refractivity contribution in [3.8, 4) is 0 Å². The lowest BCUT2D eigenvalue weighted by atomic mass is 10.0. The van der Waals surface area contributed by atoms with Crippen molar-refractivity contribution in [3.63, 3.8) is 0 Å². The third-order valence-corrected chi connectivity index (χ3v) is 12.8. The zero-order valence-corrected chi connectivity index (χ0v) is 44.5. The third kappa shape index (κ3) is 45.0. The number of carbonyl (C=O) groups is 6. The quantitative estimate of drug-likeness (QED) is 0.0173. The van der Waals surface area contributed by atoms with Crippen molar-refractivity contribution in [1.82, 2.24) is 30.1 Å². The lowest BCUT2D eigenvalue weighted by molar-refractivity contribution is -0.128. The number of hydrogen-bond donors (Lipinski definition) is 10. The first kappa shape index (κ1) is 67.1. The van der Waals surface area contributed by atoms with E-state index in [2.05, 4.69) is 30.1 Å². The third-order valence-electron chi connectivity index (χ3n) is 10.5. The second kappa shape index (κ2) is 43.7. The van der Waals surface area contributed by atoms with Crippen molar-refractivity contribution in [1.29, 1.82) is 0 Å². The van der Waals surface area contributed by atoms with Gasteiger partial charge in [0.25, 0.3) is 20.2 Å². The van der Waals surface area contributed by atoms with Crippen molar-refractivity contribution in [2.45, 2.75) is 147 Å². The number of nitrogens with two attached hydrogens (primary N) is 2. The van der Waals surface area contributed by atoms with Gasteiger partial charge in [0, 0.05) is 55.5 Å². The molecule has 0 fully saturated rings. The van der Waals surface area contributed by atoms with Gasteiger partial charge in [-0.05, 0) is 51.4 Å². The molecule has 24 nitrogen and oxygen atoms in total. The average Bonchev–Trinajstić information content (AvgIpc) is 3.28. The summed E-state index contributed by atoms with van der Waals surface area (Å²) in [6.45, 7) is 1.48. The van der Waals surface area contributed by atoms with Crippen molar-refractivity contribution in [2.75, 3.05) is 90.5 Å². The van der Waals surface area contributed by atoms with Crippen LogP contribution in [0.4, 0.5) is 0 Å². The molecule has 0 saturated carbocycles. The smallest absolute Gasteiger partial charge is 0.267 e. The van der Waals surface area contributed by atoms with Crippen molar-refractivity contribution < 1.29 is 73.7 Å². The fourth-order valence-electron chi connectivity index (χ4n) is 6.59. The molecular formula is C43H83IN8O16S2. The number of carbonyl (C=O) groups excluding carboxylic acids is 6. The van der Waals surface area contributed by atoms with Gasteiger partial charge in [-0.3, -0.25) is 37.9 Å². The highest BCUT2D eigenvalue weighted by atomic mass is 127. The molecule has 0 aliphatic carbocycles. The Labute approximate surface area is 428 Å². The van der Waals surface area contributed by atoms with Crippen molar-refractivity contribution in [2.24, 2.45) is 11.5 Å². The van der Waals surface area contributed by atoms with Crippen LogP contribution in [0.1, 0.15) is 128 Å². The van der Waals surface area contributed by atoms with Crippen LogP contribution in [0.5, 0.6) is 0 Å². The van der Waals surface area contributed by atoms with Gasteiger partial charge in [-0.25, -0.2) is 3.53 Å². The maximum absolute atomic E-state index is 12.6. The molecule has 70 heavy (non-hydrogen) atoms. The van der Waals surface area contributed by atoms with E-state index in [4.69, 9.17) is 35.0 Å². The maximum Gasteiger partial charge on any atom is 0.267 e. The lowest BCUT2D eigenvalue weighted by Crippen LogP contribution is -2.50. The summed E-state index contributed by atoms with van der Waals surface area (Å²) in [5, 5.41) is 13.0. The molecule has 0 heterocycles. The van der Waals surface area contributed by atoms with Crippen LogP contribution in [0, 0.1) is 0 Å². The van der Waals surface area contributed by atoms with Crippen molar-refractivity contribution >= 4 is 78.5 Å². The number of ether oxygens (including phenoxy) is 4. The normalized spacial score (nSPS) is 13.0.